The summed E-state index contributed by atoms with van der Waals surface area (Å²) in [7, 11) is -2.62. The van der Waals surface area contributed by atoms with Gasteiger partial charge in [0.25, 0.3) is 16.3 Å². The van der Waals surface area contributed by atoms with Crippen LogP contribution in [-0.2, 0) is 24.4 Å². The molecule has 2 unspecified atom stereocenters. The van der Waals surface area contributed by atoms with Crippen LogP contribution in [0.25, 0.3) is 0 Å². The highest BCUT2D eigenvalue weighted by Crippen LogP contribution is 2.31. The zero-order chi connectivity index (χ0) is 12.6. The van der Waals surface area contributed by atoms with Gasteiger partial charge in [0.05, 0.1) is 12.0 Å². The van der Waals surface area contributed by atoms with Crippen LogP contribution in [0.3, 0.4) is 0 Å². The molecule has 1 aromatic carbocycles. The van der Waals surface area contributed by atoms with Crippen molar-refractivity contribution in [2.75, 3.05) is 7.11 Å². The number of sulfonamides is 1. The maximum Gasteiger partial charge on any atom is 0.355 e. The van der Waals surface area contributed by atoms with Crippen molar-refractivity contribution < 1.29 is 22.8 Å². The smallest absolute Gasteiger partial charge is 0.355 e. The molecule has 0 amide bonds. The largest absolute Gasteiger partial charge is 0.466 e. The number of aryl methyl sites for hydroxylation is 1. The molecule has 1 saturated heterocycles. The van der Waals surface area contributed by atoms with Crippen LogP contribution in [0.4, 0.5) is 0 Å². The van der Waals surface area contributed by atoms with Crippen LogP contribution in [0.1, 0.15) is 5.56 Å². The van der Waals surface area contributed by atoms with Crippen molar-refractivity contribution in [2.45, 2.75) is 18.0 Å². The molecule has 2 atom stereocenters. The topological polar surface area (TPSA) is 76.0 Å². The molecule has 1 heterocycles. The van der Waals surface area contributed by atoms with E-state index in [0.717, 1.165) is 0 Å². The van der Waals surface area contributed by atoms with Crippen molar-refractivity contribution >= 4 is 16.0 Å². The van der Waals surface area contributed by atoms with E-state index < -0.39 is 22.2 Å². The molecule has 0 spiro atoms. The first-order valence-corrected chi connectivity index (χ1v) is 6.27. The lowest BCUT2D eigenvalue weighted by molar-refractivity contribution is -0.142. The molecule has 0 aliphatic carbocycles. The van der Waals surface area contributed by atoms with E-state index in [2.05, 4.69) is 4.74 Å². The number of hydrogen-bond acceptors (Lipinski definition) is 5. The Kier molecular flexibility index (Phi) is 2.90. The maximum absolute atomic E-state index is 12.0. The highest BCUT2D eigenvalue weighted by molar-refractivity contribution is 7.89. The molecule has 17 heavy (non-hydrogen) atoms. The molecule has 2 rings (SSSR count). The normalized spacial score (nSPS) is 23.2. The van der Waals surface area contributed by atoms with Gasteiger partial charge in [0.1, 0.15) is 0 Å². The average Bonchev–Trinajstić information content (AvgIpc) is 3.09. The van der Waals surface area contributed by atoms with Crippen molar-refractivity contribution in [3.8, 4) is 0 Å². The Balaban J connectivity index is 2.29. The lowest BCUT2D eigenvalue weighted by atomic mass is 10.2. The third kappa shape index (κ3) is 2.04. The molecular weight excluding hydrogens is 246 g/mol. The number of methoxy groups -OCH3 is 1. The van der Waals surface area contributed by atoms with E-state index in [0.29, 0.717) is 10.0 Å². The van der Waals surface area contributed by atoms with Gasteiger partial charge in [-0.3, -0.25) is 0 Å². The van der Waals surface area contributed by atoms with Crippen LogP contribution in [0.5, 0.6) is 0 Å². The SMILES string of the molecule is COC(=O)C1ON1S(=O)(=O)c1ccccc1C. The zero-order valence-corrected chi connectivity index (χ0v) is 10.1. The summed E-state index contributed by atoms with van der Waals surface area (Å²) in [6.45, 7) is 1.67. The number of rotatable bonds is 3. The molecule has 0 radical (unpaired) electrons. The quantitative estimate of drug-likeness (QED) is 0.579. The fraction of sp³-hybridized carbons (Fsp3) is 0.300. The van der Waals surface area contributed by atoms with Gasteiger partial charge in [-0.2, -0.15) is 0 Å². The minimum atomic E-state index is -3.79. The van der Waals surface area contributed by atoms with Gasteiger partial charge in [-0.1, -0.05) is 18.2 Å². The number of esters is 1. The fourth-order valence-corrected chi connectivity index (χ4v) is 2.88. The van der Waals surface area contributed by atoms with E-state index in [1.54, 1.807) is 25.1 Å². The lowest BCUT2D eigenvalue weighted by Gasteiger charge is -2.04. The maximum atomic E-state index is 12.0. The van der Waals surface area contributed by atoms with Crippen LogP contribution >= 0.6 is 0 Å². The number of ether oxygens (including phenoxy) is 1. The van der Waals surface area contributed by atoms with Crippen molar-refractivity contribution in [2.24, 2.45) is 0 Å². The third-order valence-corrected chi connectivity index (χ3v) is 4.13. The minimum absolute atomic E-state index is 0.117. The molecule has 92 valence electrons. The molecule has 7 heteroatoms. The van der Waals surface area contributed by atoms with Crippen molar-refractivity contribution in [3.63, 3.8) is 0 Å². The molecule has 6 nitrogen and oxygen atoms in total. The lowest BCUT2D eigenvalue weighted by Crippen LogP contribution is -2.20. The first kappa shape index (κ1) is 12.0. The summed E-state index contributed by atoms with van der Waals surface area (Å²) in [5, 5.41) is 0. The number of carbonyl (C=O) groups is 1. The average molecular weight is 257 g/mol. The van der Waals surface area contributed by atoms with Gasteiger partial charge in [-0.05, 0) is 23.0 Å². The Morgan fingerprint density at radius 1 is 1.41 bits per heavy atom. The van der Waals surface area contributed by atoms with Crippen molar-refractivity contribution in [1.82, 2.24) is 4.47 Å². The summed E-state index contributed by atoms with van der Waals surface area (Å²) in [5.74, 6) is -0.734. The fourth-order valence-electron chi connectivity index (χ4n) is 1.43. The summed E-state index contributed by atoms with van der Waals surface area (Å²) >= 11 is 0. The Hall–Kier alpha value is -1.44. The van der Waals surface area contributed by atoms with E-state index >= 15 is 0 Å². The molecular formula is C10H11NO5S. The number of benzene rings is 1. The van der Waals surface area contributed by atoms with Crippen LogP contribution in [-0.4, -0.2) is 32.2 Å². The summed E-state index contributed by atoms with van der Waals surface area (Å²) in [4.78, 5) is 15.9. The minimum Gasteiger partial charge on any atom is -0.466 e. The van der Waals surface area contributed by atoms with Gasteiger partial charge in [-0.25, -0.2) is 18.0 Å². The Morgan fingerprint density at radius 2 is 2.06 bits per heavy atom. The Bertz CT molecular complexity index is 554. The van der Waals surface area contributed by atoms with E-state index in [1.165, 1.54) is 13.2 Å². The molecule has 1 aliphatic heterocycles. The Labute approximate surface area is 98.7 Å². The molecule has 0 N–H and O–H groups in total. The highest BCUT2D eigenvalue weighted by atomic mass is 32.2. The second-order valence-corrected chi connectivity index (χ2v) is 5.26. The van der Waals surface area contributed by atoms with Crippen LogP contribution in [0, 0.1) is 6.92 Å². The third-order valence-electron chi connectivity index (χ3n) is 2.36. The number of nitrogens with zero attached hydrogens (tertiary/aromatic N) is 1. The monoisotopic (exact) mass is 257 g/mol. The van der Waals surface area contributed by atoms with Crippen LogP contribution in [0.15, 0.2) is 29.2 Å². The zero-order valence-electron chi connectivity index (χ0n) is 9.28. The number of hydroxylamine groups is 1. The number of carbonyl (C=O) groups excluding carboxylic acids is 1. The predicted octanol–water partition coefficient (Wildman–Crippen LogP) is 0.430. The predicted molar refractivity (Wildman–Crippen MR) is 57.1 cm³/mol. The van der Waals surface area contributed by atoms with E-state index in [9.17, 15) is 13.2 Å². The summed E-state index contributed by atoms with van der Waals surface area (Å²) < 4.78 is 29.1. The van der Waals surface area contributed by atoms with Gasteiger partial charge >= 0.3 is 5.97 Å². The molecule has 0 aromatic heterocycles. The van der Waals surface area contributed by atoms with Crippen molar-refractivity contribution in [1.29, 1.82) is 0 Å². The van der Waals surface area contributed by atoms with Crippen LogP contribution < -0.4 is 0 Å². The molecule has 1 fully saturated rings. The van der Waals surface area contributed by atoms with Crippen LogP contribution in [0.2, 0.25) is 0 Å². The van der Waals surface area contributed by atoms with Gasteiger partial charge in [0.15, 0.2) is 0 Å². The van der Waals surface area contributed by atoms with Gasteiger partial charge < -0.3 is 4.74 Å². The first-order chi connectivity index (χ1) is 7.98. The van der Waals surface area contributed by atoms with Gasteiger partial charge in [-0.15, -0.1) is 0 Å². The van der Waals surface area contributed by atoms with Gasteiger partial charge in [0.2, 0.25) is 0 Å². The van der Waals surface area contributed by atoms with E-state index in [-0.39, 0.29) is 4.90 Å². The summed E-state index contributed by atoms with van der Waals surface area (Å²) in [6.07, 6.45) is -1.16. The van der Waals surface area contributed by atoms with Crippen molar-refractivity contribution in [3.05, 3.63) is 29.8 Å². The summed E-state index contributed by atoms with van der Waals surface area (Å²) in [6, 6.07) is 6.47. The van der Waals surface area contributed by atoms with E-state index in [4.69, 9.17) is 4.84 Å². The molecule has 1 aliphatic rings. The van der Waals surface area contributed by atoms with Gasteiger partial charge in [0, 0.05) is 0 Å². The summed E-state index contributed by atoms with van der Waals surface area (Å²) in [5.41, 5.74) is 0.589. The second-order valence-electron chi connectivity index (χ2n) is 3.51. The molecule has 1 aromatic rings. The number of hydrogen-bond donors (Lipinski definition) is 0. The molecule has 0 bridgehead atoms. The molecule has 0 saturated carbocycles. The second kappa shape index (κ2) is 4.10. The Morgan fingerprint density at radius 3 is 2.65 bits per heavy atom. The van der Waals surface area contributed by atoms with E-state index in [1.807, 2.05) is 0 Å². The first-order valence-electron chi connectivity index (χ1n) is 4.83. The standard InChI is InChI=1S/C10H11NO5S/c1-7-5-3-4-6-8(7)17(13,14)11-9(16-11)10(12)15-2/h3-6,9H,1-2H3. The highest BCUT2D eigenvalue weighted by Gasteiger charge is 2.53.